The number of benzene rings is 2. The van der Waals surface area contributed by atoms with Crippen LogP contribution in [0.3, 0.4) is 0 Å². The van der Waals surface area contributed by atoms with E-state index in [-0.39, 0.29) is 64.4 Å². The molecule has 2 aromatic heterocycles. The number of aromatic amines is 1. The minimum absolute atomic E-state index is 0. The Balaban J connectivity index is 0.00000212. The molecule has 1 saturated carbocycles. The van der Waals surface area contributed by atoms with Gasteiger partial charge in [-0.25, -0.2) is 13.4 Å². The minimum Gasteiger partial charge on any atom is -0.790 e. The molecule has 1 aliphatic heterocycles. The number of likely N-dealkylation sites (tertiary alicyclic amines) is 1. The molecule has 1 aliphatic carbocycles. The van der Waals surface area contributed by atoms with Crippen molar-refractivity contribution in [1.29, 1.82) is 0 Å². The van der Waals surface area contributed by atoms with Crippen LogP contribution in [0.25, 0.3) is 33.1 Å². The van der Waals surface area contributed by atoms with Crippen molar-refractivity contribution >= 4 is 39.6 Å². The minimum atomic E-state index is -4.96. The van der Waals surface area contributed by atoms with E-state index in [9.17, 15) is 22.8 Å². The van der Waals surface area contributed by atoms with Gasteiger partial charge in [-0.1, -0.05) is 12.1 Å². The van der Waals surface area contributed by atoms with Crippen LogP contribution in [-0.2, 0) is 18.9 Å². The van der Waals surface area contributed by atoms with Crippen LogP contribution in [0, 0.1) is 6.92 Å². The molecule has 218 valence electrons. The second-order valence-electron chi connectivity index (χ2n) is 11.0. The molecule has 6 rings (SSSR count). The molecule has 1 saturated heterocycles. The van der Waals surface area contributed by atoms with Crippen LogP contribution in [0.4, 0.5) is 0 Å². The summed E-state index contributed by atoms with van der Waals surface area (Å²) >= 11 is 0. The number of rotatable bonds is 10. The number of H-pyrrole nitrogens is 1. The molecule has 2 aliphatic rings. The Labute approximate surface area is 295 Å². The van der Waals surface area contributed by atoms with Crippen LogP contribution in [0.5, 0.6) is 5.75 Å². The van der Waals surface area contributed by atoms with E-state index in [2.05, 4.69) is 25.5 Å². The van der Waals surface area contributed by atoms with E-state index in [0.717, 1.165) is 64.4 Å². The van der Waals surface area contributed by atoms with E-state index in [1.807, 2.05) is 31.3 Å². The van der Waals surface area contributed by atoms with Crippen LogP contribution in [0.1, 0.15) is 37.7 Å². The summed E-state index contributed by atoms with van der Waals surface area (Å²) in [6, 6.07) is 13.1. The summed E-state index contributed by atoms with van der Waals surface area (Å²) in [5.41, 5.74) is 4.29. The summed E-state index contributed by atoms with van der Waals surface area (Å²) in [5.74, 6) is 0.690. The molecule has 1 N–H and O–H groups in total. The van der Waals surface area contributed by atoms with E-state index < -0.39 is 23.8 Å². The zero-order valence-corrected chi connectivity index (χ0v) is 30.5. The van der Waals surface area contributed by atoms with Gasteiger partial charge >= 0.3 is 59.1 Å². The van der Waals surface area contributed by atoms with Gasteiger partial charge in [0.05, 0.1) is 36.2 Å². The van der Waals surface area contributed by atoms with Crippen molar-refractivity contribution in [2.24, 2.45) is 0 Å². The summed E-state index contributed by atoms with van der Waals surface area (Å²) in [6.45, 7) is 4.55. The smallest absolute Gasteiger partial charge is 0.790 e. The van der Waals surface area contributed by atoms with E-state index in [0.29, 0.717) is 43.2 Å². The van der Waals surface area contributed by atoms with Gasteiger partial charge in [-0.05, 0) is 86.1 Å². The SMILES string of the molecule is Cc1cnc2[nH]c3c(OCCCN4CCC(OP(=O)([O-])[O-])CC4)ccc(-c4cccc(S(=O)(=O)C5CC5)c4)c3c2c1.[Na+].[Na+]. The Hall–Kier alpha value is -0.790. The molecule has 10 nitrogen and oxygen atoms in total. The molecule has 0 radical (unpaired) electrons. The molecular weight excluding hydrogens is 611 g/mol. The number of nitrogens with one attached hydrogen (secondary N) is 1. The normalized spacial score (nSPS) is 16.6. The maximum Gasteiger partial charge on any atom is 1.00 e. The number of nitrogens with zero attached hydrogens (tertiary/aromatic N) is 2. The average Bonchev–Trinajstić information content (AvgIpc) is 3.73. The van der Waals surface area contributed by atoms with E-state index in [1.54, 1.807) is 18.2 Å². The monoisotopic (exact) mass is 643 g/mol. The maximum absolute atomic E-state index is 13.0. The van der Waals surface area contributed by atoms with Gasteiger partial charge in [0.15, 0.2) is 9.84 Å². The molecule has 14 heteroatoms. The first kappa shape index (κ1) is 35.1. The second kappa shape index (κ2) is 14.3. The van der Waals surface area contributed by atoms with Crippen molar-refractivity contribution in [1.82, 2.24) is 14.9 Å². The fourth-order valence-electron chi connectivity index (χ4n) is 5.63. The van der Waals surface area contributed by atoms with Crippen molar-refractivity contribution in [3.63, 3.8) is 0 Å². The van der Waals surface area contributed by atoms with Gasteiger partial charge in [0, 0.05) is 36.6 Å². The Morgan fingerprint density at radius 1 is 1.07 bits per heavy atom. The van der Waals surface area contributed by atoms with Crippen LogP contribution in [0.15, 0.2) is 53.6 Å². The molecule has 3 heterocycles. The number of phosphoric acid groups is 1. The Bertz CT molecular complexity index is 1750. The summed E-state index contributed by atoms with van der Waals surface area (Å²) in [5, 5.41) is 1.61. The first-order valence-electron chi connectivity index (χ1n) is 13.9. The Kier molecular flexibility index (Phi) is 11.7. The third-order valence-electron chi connectivity index (χ3n) is 7.83. The second-order valence-corrected chi connectivity index (χ2v) is 14.3. The maximum atomic E-state index is 13.0. The number of hydrogen-bond donors (Lipinski definition) is 1. The molecule has 0 spiro atoms. The van der Waals surface area contributed by atoms with Gasteiger partial charge in [0.2, 0.25) is 0 Å². The standard InChI is InChI=1S/C29H34N3O7PS.2Na/c1-19-16-25-27-24(20-4-2-5-23(17-20)41(36,37)22-6-7-22)8-9-26(28(27)31-29(25)30-18-19)38-15-3-12-32-13-10-21(11-14-32)39-40(33,34)35;;/h2,4-5,8-9,16-18,21-22H,3,6-7,10-15H2,1H3,(H,30,31)(H2,33,34,35);;/q;2*+1/p-2. The number of sulfone groups is 1. The molecule has 4 aromatic rings. The van der Waals surface area contributed by atoms with Gasteiger partial charge < -0.3 is 33.5 Å². The molecule has 0 unspecified atom stereocenters. The number of aromatic nitrogens is 2. The van der Waals surface area contributed by atoms with Gasteiger partial charge in [-0.3, -0.25) is 0 Å². The van der Waals surface area contributed by atoms with Crippen molar-refractivity contribution in [3.8, 4) is 16.9 Å². The third kappa shape index (κ3) is 8.14. The van der Waals surface area contributed by atoms with Gasteiger partial charge in [0.25, 0.3) is 0 Å². The summed E-state index contributed by atoms with van der Waals surface area (Å²) < 4.78 is 47.6. The molecular formula is C29H32N3Na2O7PS. The van der Waals surface area contributed by atoms with Crippen LogP contribution >= 0.6 is 7.82 Å². The quantitative estimate of drug-likeness (QED) is 0.115. The van der Waals surface area contributed by atoms with Crippen LogP contribution < -0.4 is 73.6 Å². The van der Waals surface area contributed by atoms with Gasteiger partial charge in [0.1, 0.15) is 11.4 Å². The summed E-state index contributed by atoms with van der Waals surface area (Å²) in [4.78, 5) is 32.3. The van der Waals surface area contributed by atoms with Crippen molar-refractivity contribution in [2.45, 2.75) is 55.3 Å². The van der Waals surface area contributed by atoms with Crippen molar-refractivity contribution in [2.75, 3.05) is 26.2 Å². The average molecular weight is 644 g/mol. The van der Waals surface area contributed by atoms with Gasteiger partial charge in [-0.15, -0.1) is 0 Å². The number of hydrogen-bond acceptors (Lipinski definition) is 9. The number of aryl methyl sites for hydroxylation is 1. The summed E-state index contributed by atoms with van der Waals surface area (Å²) in [6.07, 6.45) is 4.47. The molecule has 0 bridgehead atoms. The zero-order valence-electron chi connectivity index (χ0n) is 24.7. The van der Waals surface area contributed by atoms with Crippen LogP contribution in [-0.4, -0.2) is 60.9 Å². The van der Waals surface area contributed by atoms with Gasteiger partial charge in [-0.2, -0.15) is 0 Å². The first-order valence-corrected chi connectivity index (χ1v) is 16.9. The van der Waals surface area contributed by atoms with Crippen LogP contribution in [0.2, 0.25) is 0 Å². The van der Waals surface area contributed by atoms with E-state index in [1.165, 1.54) is 0 Å². The predicted octanol–water partition coefficient (Wildman–Crippen LogP) is -2.29. The fraction of sp³-hybridized carbons (Fsp3) is 0.414. The van der Waals surface area contributed by atoms with E-state index in [4.69, 9.17) is 4.74 Å². The van der Waals surface area contributed by atoms with Crippen molar-refractivity contribution < 1.29 is 91.1 Å². The molecule has 2 fully saturated rings. The number of phosphoric ester groups is 1. The fourth-order valence-corrected chi connectivity index (χ4v) is 7.91. The number of piperidine rings is 1. The molecule has 0 atom stereocenters. The number of ether oxygens (including phenoxy) is 1. The zero-order chi connectivity index (χ0) is 28.8. The Morgan fingerprint density at radius 3 is 2.51 bits per heavy atom. The molecule has 43 heavy (non-hydrogen) atoms. The van der Waals surface area contributed by atoms with Crippen molar-refractivity contribution in [3.05, 3.63) is 54.2 Å². The number of fused-ring (bicyclic) bond motifs is 3. The topological polar surface area (TPSA) is 148 Å². The summed E-state index contributed by atoms with van der Waals surface area (Å²) in [7, 11) is -8.28. The molecule has 0 amide bonds. The predicted molar refractivity (Wildman–Crippen MR) is 152 cm³/mol. The third-order valence-corrected chi connectivity index (χ3v) is 10.6. The first-order chi connectivity index (χ1) is 19.6. The Morgan fingerprint density at radius 2 is 1.81 bits per heavy atom. The largest absolute Gasteiger partial charge is 1.00 e. The molecule has 2 aromatic carbocycles. The van der Waals surface area contributed by atoms with E-state index >= 15 is 0 Å². The number of pyridine rings is 1.